The highest BCUT2D eigenvalue weighted by molar-refractivity contribution is 5.84. The molecule has 78 valence electrons. The topological polar surface area (TPSA) is 29.5 Å². The van der Waals surface area contributed by atoms with Gasteiger partial charge in [0.1, 0.15) is 11.5 Å². The number of benzene rings is 2. The van der Waals surface area contributed by atoms with E-state index in [0.717, 1.165) is 22.4 Å². The van der Waals surface area contributed by atoms with Gasteiger partial charge in [-0.2, -0.15) is 0 Å². The molecule has 0 spiro atoms. The molecule has 0 amide bonds. The van der Waals surface area contributed by atoms with Crippen molar-refractivity contribution in [1.82, 2.24) is 0 Å². The predicted octanol–water partition coefficient (Wildman–Crippen LogP) is 3.42. The van der Waals surface area contributed by atoms with E-state index in [-0.39, 0.29) is 5.75 Å². The van der Waals surface area contributed by atoms with E-state index in [1.807, 2.05) is 42.5 Å². The fourth-order valence-corrected chi connectivity index (χ4v) is 1.95. The summed E-state index contributed by atoms with van der Waals surface area (Å²) < 4.78 is 5.49. The minimum absolute atomic E-state index is 0.278. The maximum absolute atomic E-state index is 9.94. The lowest BCUT2D eigenvalue weighted by molar-refractivity contribution is 0.475. The largest absolute Gasteiger partial charge is 0.507 e. The van der Waals surface area contributed by atoms with Gasteiger partial charge in [0.2, 0.25) is 0 Å². The van der Waals surface area contributed by atoms with E-state index in [2.05, 4.69) is 0 Å². The van der Waals surface area contributed by atoms with E-state index in [9.17, 15) is 5.11 Å². The summed E-state index contributed by atoms with van der Waals surface area (Å²) in [6.45, 7) is 0. The van der Waals surface area contributed by atoms with E-state index in [1.54, 1.807) is 12.3 Å². The van der Waals surface area contributed by atoms with Crippen LogP contribution in [-0.2, 0) is 0 Å². The van der Waals surface area contributed by atoms with Gasteiger partial charge in [0.05, 0.1) is 6.26 Å². The summed E-state index contributed by atoms with van der Waals surface area (Å²) in [5.74, 6) is 1.04. The maximum Gasteiger partial charge on any atom is 0.134 e. The zero-order valence-electron chi connectivity index (χ0n) is 8.55. The third-order valence-electron chi connectivity index (χ3n) is 2.67. The van der Waals surface area contributed by atoms with E-state index in [0.29, 0.717) is 0 Å². The first-order valence-electron chi connectivity index (χ1n) is 5.11. The summed E-state index contributed by atoms with van der Waals surface area (Å²) in [5.41, 5.74) is 2.71. The number of rotatable bonds is 0. The van der Waals surface area contributed by atoms with Gasteiger partial charge in [0.25, 0.3) is 0 Å². The molecule has 0 aliphatic carbocycles. The Morgan fingerprint density at radius 3 is 2.75 bits per heavy atom. The summed E-state index contributed by atoms with van der Waals surface area (Å²) in [6.07, 6.45) is 3.50. The van der Waals surface area contributed by atoms with Crippen LogP contribution in [-0.4, -0.2) is 5.11 Å². The van der Waals surface area contributed by atoms with Crippen LogP contribution in [0.5, 0.6) is 11.5 Å². The van der Waals surface area contributed by atoms with Crippen LogP contribution in [0.25, 0.3) is 17.2 Å². The van der Waals surface area contributed by atoms with Crippen LogP contribution >= 0.6 is 0 Å². The molecule has 0 atom stereocenters. The van der Waals surface area contributed by atoms with Gasteiger partial charge in [0.15, 0.2) is 0 Å². The number of hydrogen-bond acceptors (Lipinski definition) is 2. The number of aromatic hydroxyl groups is 1. The Labute approximate surface area is 93.4 Å². The molecule has 2 heteroatoms. The van der Waals surface area contributed by atoms with Crippen molar-refractivity contribution in [3.8, 4) is 22.6 Å². The Hall–Kier alpha value is -2.22. The molecule has 2 aromatic rings. The Balaban J connectivity index is 2.38. The second kappa shape index (κ2) is 3.42. The molecular formula is C14H10O2. The average Bonchev–Trinajstić information content (AvgIpc) is 2.49. The molecule has 2 nitrogen and oxygen atoms in total. The van der Waals surface area contributed by atoms with Crippen molar-refractivity contribution in [2.75, 3.05) is 0 Å². The Bertz CT molecular complexity index is 571. The molecule has 16 heavy (non-hydrogen) atoms. The molecule has 0 fully saturated rings. The molecule has 0 aromatic heterocycles. The van der Waals surface area contributed by atoms with Crippen LogP contribution in [0, 0.1) is 0 Å². The fourth-order valence-electron chi connectivity index (χ4n) is 1.95. The van der Waals surface area contributed by atoms with Crippen molar-refractivity contribution in [1.29, 1.82) is 0 Å². The van der Waals surface area contributed by atoms with Crippen molar-refractivity contribution >= 4 is 6.08 Å². The first-order valence-corrected chi connectivity index (χ1v) is 5.11. The zero-order chi connectivity index (χ0) is 11.0. The number of para-hydroxylation sites is 1. The minimum atomic E-state index is 0.278. The van der Waals surface area contributed by atoms with Crippen LogP contribution in [0.2, 0.25) is 0 Å². The van der Waals surface area contributed by atoms with Crippen LogP contribution in [0.3, 0.4) is 0 Å². The summed E-state index contributed by atoms with van der Waals surface area (Å²) >= 11 is 0. The lowest BCUT2D eigenvalue weighted by Crippen LogP contribution is -1.85. The predicted molar refractivity (Wildman–Crippen MR) is 63.2 cm³/mol. The summed E-state index contributed by atoms with van der Waals surface area (Å²) in [5, 5.41) is 9.94. The molecule has 0 saturated carbocycles. The van der Waals surface area contributed by atoms with E-state index in [4.69, 9.17) is 4.74 Å². The van der Waals surface area contributed by atoms with Crippen LogP contribution in [0.1, 0.15) is 5.56 Å². The molecule has 1 N–H and O–H groups in total. The molecule has 0 radical (unpaired) electrons. The van der Waals surface area contributed by atoms with Gasteiger partial charge in [-0.3, -0.25) is 0 Å². The molecule has 1 heterocycles. The average molecular weight is 210 g/mol. The molecule has 0 unspecified atom stereocenters. The van der Waals surface area contributed by atoms with Gasteiger partial charge in [-0.1, -0.05) is 30.3 Å². The SMILES string of the molecule is Oc1cccc2c1-c1ccccc1OC=C2. The van der Waals surface area contributed by atoms with Gasteiger partial charge >= 0.3 is 0 Å². The second-order valence-electron chi connectivity index (χ2n) is 3.66. The highest BCUT2D eigenvalue weighted by Crippen LogP contribution is 2.40. The molecule has 1 aliphatic rings. The number of ether oxygens (including phenoxy) is 1. The van der Waals surface area contributed by atoms with Gasteiger partial charge in [-0.15, -0.1) is 0 Å². The summed E-state index contributed by atoms with van der Waals surface area (Å²) in [6, 6.07) is 13.2. The van der Waals surface area contributed by atoms with Gasteiger partial charge in [0, 0.05) is 11.1 Å². The van der Waals surface area contributed by atoms with Gasteiger partial charge in [-0.25, -0.2) is 0 Å². The van der Waals surface area contributed by atoms with Gasteiger partial charge in [-0.05, 0) is 23.8 Å². The standard InChI is InChI=1S/C14H10O2/c15-12-6-3-4-10-8-9-16-13-7-2-1-5-11(13)14(10)12/h1-9,15H. The number of hydrogen-bond donors (Lipinski definition) is 1. The minimum Gasteiger partial charge on any atom is -0.507 e. The normalized spacial score (nSPS) is 12.2. The Kier molecular flexibility index (Phi) is 1.93. The fraction of sp³-hybridized carbons (Fsp3) is 0. The van der Waals surface area contributed by atoms with E-state index in [1.165, 1.54) is 0 Å². The first-order chi connectivity index (χ1) is 7.86. The van der Waals surface area contributed by atoms with Crippen molar-refractivity contribution in [3.63, 3.8) is 0 Å². The molecule has 0 saturated heterocycles. The lowest BCUT2D eigenvalue weighted by Gasteiger charge is -2.09. The molecule has 1 aliphatic heterocycles. The Morgan fingerprint density at radius 2 is 1.81 bits per heavy atom. The molecular weight excluding hydrogens is 200 g/mol. The monoisotopic (exact) mass is 210 g/mol. The van der Waals surface area contributed by atoms with E-state index < -0.39 is 0 Å². The quantitative estimate of drug-likeness (QED) is 0.721. The zero-order valence-corrected chi connectivity index (χ0v) is 8.55. The van der Waals surface area contributed by atoms with Crippen molar-refractivity contribution in [2.24, 2.45) is 0 Å². The second-order valence-corrected chi connectivity index (χ2v) is 3.66. The Morgan fingerprint density at radius 1 is 0.938 bits per heavy atom. The van der Waals surface area contributed by atoms with Crippen molar-refractivity contribution in [3.05, 3.63) is 54.3 Å². The van der Waals surface area contributed by atoms with Crippen LogP contribution < -0.4 is 4.74 Å². The number of phenols is 1. The molecule has 2 aromatic carbocycles. The molecule has 3 rings (SSSR count). The highest BCUT2D eigenvalue weighted by atomic mass is 16.5. The third-order valence-corrected chi connectivity index (χ3v) is 2.67. The maximum atomic E-state index is 9.94. The molecule has 0 bridgehead atoms. The van der Waals surface area contributed by atoms with Crippen molar-refractivity contribution < 1.29 is 9.84 Å². The lowest BCUT2D eigenvalue weighted by atomic mass is 9.98. The van der Waals surface area contributed by atoms with Crippen molar-refractivity contribution in [2.45, 2.75) is 0 Å². The number of phenolic OH excluding ortho intramolecular Hbond substituents is 1. The highest BCUT2D eigenvalue weighted by Gasteiger charge is 2.14. The summed E-state index contributed by atoms with van der Waals surface area (Å²) in [7, 11) is 0. The third kappa shape index (κ3) is 1.27. The van der Waals surface area contributed by atoms with Crippen LogP contribution in [0.4, 0.5) is 0 Å². The first kappa shape index (κ1) is 9.04. The van der Waals surface area contributed by atoms with Crippen LogP contribution in [0.15, 0.2) is 48.7 Å². The number of fused-ring (bicyclic) bond motifs is 3. The smallest absolute Gasteiger partial charge is 0.134 e. The van der Waals surface area contributed by atoms with Gasteiger partial charge < -0.3 is 9.84 Å². The summed E-state index contributed by atoms with van der Waals surface area (Å²) in [4.78, 5) is 0. The van der Waals surface area contributed by atoms with E-state index >= 15 is 0 Å².